The van der Waals surface area contributed by atoms with E-state index in [-0.39, 0.29) is 18.0 Å². The van der Waals surface area contributed by atoms with Gasteiger partial charge in [-0.15, -0.1) is 11.8 Å². The van der Waals surface area contributed by atoms with Crippen molar-refractivity contribution in [1.29, 1.82) is 0 Å². The molecule has 1 aliphatic heterocycles. The summed E-state index contributed by atoms with van der Waals surface area (Å²) in [5.41, 5.74) is 4.06. The van der Waals surface area contributed by atoms with Crippen molar-refractivity contribution in [2.75, 3.05) is 19.3 Å². The molecule has 0 saturated carbocycles. The van der Waals surface area contributed by atoms with Crippen LogP contribution in [0.5, 0.6) is 0 Å². The summed E-state index contributed by atoms with van der Waals surface area (Å²) in [4.78, 5) is 14.0. The van der Waals surface area contributed by atoms with Crippen molar-refractivity contribution in [2.24, 2.45) is 0 Å². The number of carbonyl (C=O) groups is 1. The lowest BCUT2D eigenvalue weighted by atomic mass is 9.88. The van der Waals surface area contributed by atoms with Gasteiger partial charge in [0.25, 0.3) is 0 Å². The standard InChI is InChI=1S/C25H25NO2S.2C2H6/c1-29-22-13-11-19(12-14-22)18-7-9-21(10-8-18)25(27)28-24-17-26-16-15-23(24)20-5-3-2-4-6-20;2*1-2/h2-14,23-24,26H,15-17H2,1H3;2*1-2H3/t23?,24-;;/m1../s1. The van der Waals surface area contributed by atoms with E-state index < -0.39 is 0 Å². The molecule has 1 unspecified atom stereocenters. The fraction of sp³-hybridized carbons (Fsp3) is 0.345. The molecule has 3 nitrogen and oxygen atoms in total. The molecule has 1 fully saturated rings. The summed E-state index contributed by atoms with van der Waals surface area (Å²) >= 11 is 1.73. The van der Waals surface area contributed by atoms with Crippen LogP contribution >= 0.6 is 11.8 Å². The summed E-state index contributed by atoms with van der Waals surface area (Å²) in [7, 11) is 0. The van der Waals surface area contributed by atoms with Gasteiger partial charge in [0.2, 0.25) is 0 Å². The summed E-state index contributed by atoms with van der Waals surface area (Å²) in [6.07, 6.45) is 2.88. The fourth-order valence-electron chi connectivity index (χ4n) is 3.82. The Hall–Kier alpha value is -2.56. The van der Waals surface area contributed by atoms with E-state index in [1.165, 1.54) is 10.5 Å². The van der Waals surface area contributed by atoms with E-state index in [4.69, 9.17) is 4.74 Å². The number of nitrogens with one attached hydrogen (secondary N) is 1. The number of thioether (sulfide) groups is 1. The van der Waals surface area contributed by atoms with E-state index in [9.17, 15) is 4.79 Å². The second kappa shape index (κ2) is 14.6. The van der Waals surface area contributed by atoms with E-state index in [0.29, 0.717) is 12.1 Å². The van der Waals surface area contributed by atoms with E-state index in [1.54, 1.807) is 11.8 Å². The molecule has 0 aromatic heterocycles. The molecule has 2 atom stereocenters. The lowest BCUT2D eigenvalue weighted by Crippen LogP contribution is -2.42. The first-order chi connectivity index (χ1) is 16.2. The van der Waals surface area contributed by atoms with Crippen LogP contribution in [0.15, 0.2) is 83.8 Å². The number of hydrogen-bond donors (Lipinski definition) is 1. The summed E-state index contributed by atoms with van der Waals surface area (Å²) in [6.45, 7) is 9.63. The van der Waals surface area contributed by atoms with Crippen LogP contribution in [-0.2, 0) is 4.74 Å². The van der Waals surface area contributed by atoms with Crippen molar-refractivity contribution in [3.63, 3.8) is 0 Å². The molecule has 33 heavy (non-hydrogen) atoms. The molecule has 1 aliphatic rings. The highest BCUT2D eigenvalue weighted by molar-refractivity contribution is 7.98. The molecular formula is C29H37NO2S. The van der Waals surface area contributed by atoms with Crippen molar-refractivity contribution in [2.45, 2.75) is 51.0 Å². The van der Waals surface area contributed by atoms with Crippen molar-refractivity contribution in [3.8, 4) is 11.1 Å². The molecule has 4 rings (SSSR count). The third-order valence-electron chi connectivity index (χ3n) is 5.46. The van der Waals surface area contributed by atoms with Gasteiger partial charge in [-0.1, -0.05) is 82.3 Å². The van der Waals surface area contributed by atoms with Gasteiger partial charge < -0.3 is 10.1 Å². The fourth-order valence-corrected chi connectivity index (χ4v) is 4.23. The lowest BCUT2D eigenvalue weighted by Gasteiger charge is -2.32. The first-order valence-corrected chi connectivity index (χ1v) is 13.2. The summed E-state index contributed by atoms with van der Waals surface area (Å²) < 4.78 is 5.92. The predicted molar refractivity (Wildman–Crippen MR) is 142 cm³/mol. The number of benzene rings is 3. The Bertz CT molecular complexity index is 940. The maximum atomic E-state index is 12.8. The monoisotopic (exact) mass is 463 g/mol. The van der Waals surface area contributed by atoms with Crippen molar-refractivity contribution in [1.82, 2.24) is 5.32 Å². The Balaban J connectivity index is 0.000000914. The normalized spacial score (nSPS) is 17.0. The molecule has 1 heterocycles. The van der Waals surface area contributed by atoms with Crippen LogP contribution in [0.25, 0.3) is 11.1 Å². The highest BCUT2D eigenvalue weighted by Crippen LogP contribution is 2.29. The van der Waals surface area contributed by atoms with Crippen molar-refractivity contribution < 1.29 is 9.53 Å². The van der Waals surface area contributed by atoms with Gasteiger partial charge in [-0.3, -0.25) is 0 Å². The van der Waals surface area contributed by atoms with Crippen molar-refractivity contribution in [3.05, 3.63) is 90.0 Å². The molecule has 0 aliphatic carbocycles. The number of rotatable bonds is 5. The molecule has 1 N–H and O–H groups in total. The number of ether oxygens (including phenoxy) is 1. The van der Waals surface area contributed by atoms with Gasteiger partial charge in [-0.05, 0) is 60.2 Å². The molecule has 0 amide bonds. The van der Waals surface area contributed by atoms with Crippen LogP contribution in [-0.4, -0.2) is 31.4 Å². The van der Waals surface area contributed by atoms with Crippen LogP contribution < -0.4 is 5.32 Å². The maximum Gasteiger partial charge on any atom is 0.338 e. The minimum atomic E-state index is -0.260. The number of hydrogen-bond acceptors (Lipinski definition) is 4. The van der Waals surface area contributed by atoms with Gasteiger partial charge >= 0.3 is 5.97 Å². The zero-order valence-electron chi connectivity index (χ0n) is 20.5. The molecule has 0 bridgehead atoms. The zero-order chi connectivity index (χ0) is 24.1. The van der Waals surface area contributed by atoms with Crippen LogP contribution in [0.4, 0.5) is 0 Å². The highest BCUT2D eigenvalue weighted by Gasteiger charge is 2.29. The van der Waals surface area contributed by atoms with Crippen LogP contribution in [0.1, 0.15) is 56.0 Å². The maximum absolute atomic E-state index is 12.8. The Kier molecular flexibility index (Phi) is 11.8. The van der Waals surface area contributed by atoms with Gasteiger partial charge in [0.1, 0.15) is 6.10 Å². The summed E-state index contributed by atoms with van der Waals surface area (Å²) in [5.74, 6) is -0.0282. The lowest BCUT2D eigenvalue weighted by molar-refractivity contribution is 0.0182. The van der Waals surface area contributed by atoms with E-state index in [2.05, 4.69) is 48.0 Å². The first kappa shape index (κ1) is 26.7. The topological polar surface area (TPSA) is 38.3 Å². The average Bonchev–Trinajstić information content (AvgIpc) is 2.92. The van der Waals surface area contributed by atoms with Crippen LogP contribution in [0, 0.1) is 0 Å². The third-order valence-corrected chi connectivity index (χ3v) is 6.20. The number of piperidine rings is 1. The molecule has 0 spiro atoms. The minimum Gasteiger partial charge on any atom is -0.457 e. The van der Waals surface area contributed by atoms with Crippen molar-refractivity contribution >= 4 is 17.7 Å². The minimum absolute atomic E-state index is 0.155. The molecule has 3 aromatic carbocycles. The molecule has 3 aromatic rings. The number of esters is 1. The van der Waals surface area contributed by atoms with E-state index in [1.807, 2.05) is 70.2 Å². The summed E-state index contributed by atoms with van der Waals surface area (Å²) in [5, 5.41) is 3.35. The number of carbonyl (C=O) groups excluding carboxylic acids is 1. The second-order valence-corrected chi connectivity index (χ2v) is 8.14. The van der Waals surface area contributed by atoms with Crippen LogP contribution in [0.2, 0.25) is 0 Å². The Morgan fingerprint density at radius 2 is 1.42 bits per heavy atom. The van der Waals surface area contributed by atoms with Gasteiger partial charge in [-0.2, -0.15) is 0 Å². The highest BCUT2D eigenvalue weighted by atomic mass is 32.2. The molecule has 4 heteroatoms. The van der Waals surface area contributed by atoms with Gasteiger partial charge in [0.05, 0.1) is 5.56 Å². The molecule has 1 saturated heterocycles. The Morgan fingerprint density at radius 3 is 2.00 bits per heavy atom. The first-order valence-electron chi connectivity index (χ1n) is 12.0. The molecule has 176 valence electrons. The van der Waals surface area contributed by atoms with Gasteiger partial charge in [-0.25, -0.2) is 4.79 Å². The third kappa shape index (κ3) is 7.48. The summed E-state index contributed by atoms with van der Waals surface area (Å²) in [6, 6.07) is 26.5. The van der Waals surface area contributed by atoms with Gasteiger partial charge in [0.15, 0.2) is 0 Å². The molecular weight excluding hydrogens is 426 g/mol. The predicted octanol–water partition coefficient (Wildman–Crippen LogP) is 7.43. The zero-order valence-corrected chi connectivity index (χ0v) is 21.3. The Morgan fingerprint density at radius 1 is 0.848 bits per heavy atom. The van der Waals surface area contributed by atoms with E-state index >= 15 is 0 Å². The Labute approximate surface area is 204 Å². The quantitative estimate of drug-likeness (QED) is 0.315. The van der Waals surface area contributed by atoms with Gasteiger partial charge in [0, 0.05) is 17.4 Å². The molecule has 0 radical (unpaired) electrons. The SMILES string of the molecule is CC.CC.CSc1ccc(-c2ccc(C(=O)O[C@@H]3CNCCC3c3ccccc3)cc2)cc1. The smallest absolute Gasteiger partial charge is 0.338 e. The van der Waals surface area contributed by atoms with Crippen LogP contribution in [0.3, 0.4) is 0 Å². The average molecular weight is 464 g/mol. The second-order valence-electron chi connectivity index (χ2n) is 7.26. The largest absolute Gasteiger partial charge is 0.457 e. The van der Waals surface area contributed by atoms with E-state index in [0.717, 1.165) is 24.1 Å².